The van der Waals surface area contributed by atoms with Gasteiger partial charge in [-0.05, 0) is 66.8 Å². The molecule has 0 bridgehead atoms. The van der Waals surface area contributed by atoms with Gasteiger partial charge in [0.2, 0.25) is 0 Å². The number of anilines is 1. The average Bonchev–Trinajstić information content (AvgIpc) is 2.73. The van der Waals surface area contributed by atoms with Crippen molar-refractivity contribution < 1.29 is 17.6 Å². The van der Waals surface area contributed by atoms with E-state index < -0.39 is 9.84 Å². The number of carbonyl (C=O) groups is 1. The van der Waals surface area contributed by atoms with Crippen molar-refractivity contribution in [2.45, 2.75) is 30.4 Å². The molecule has 0 aromatic heterocycles. The molecule has 0 N–H and O–H groups in total. The summed E-state index contributed by atoms with van der Waals surface area (Å²) < 4.78 is 39.7. The molecule has 1 heterocycles. The largest absolute Gasteiger partial charge is 0.305 e. The van der Waals surface area contributed by atoms with Crippen molar-refractivity contribution in [3.8, 4) is 0 Å². The molecule has 1 aliphatic heterocycles. The number of halogens is 1. The Hall–Kier alpha value is -2.99. The highest BCUT2D eigenvalue weighted by Gasteiger charge is 2.27. The van der Waals surface area contributed by atoms with Crippen molar-refractivity contribution in [3.05, 3.63) is 94.8 Å². The van der Waals surface area contributed by atoms with E-state index in [9.17, 15) is 17.6 Å². The number of benzene rings is 3. The molecular weight excluding hydrogens is 401 g/mol. The summed E-state index contributed by atoms with van der Waals surface area (Å²) in [5.74, 6) is -0.814. The number of fused-ring (bicyclic) bond motifs is 1. The number of rotatable bonds is 4. The Morgan fingerprint density at radius 1 is 1.03 bits per heavy atom. The van der Waals surface area contributed by atoms with Gasteiger partial charge in [0.25, 0.3) is 5.91 Å². The highest BCUT2D eigenvalue weighted by molar-refractivity contribution is 7.90. The van der Waals surface area contributed by atoms with E-state index in [0.717, 1.165) is 24.0 Å². The van der Waals surface area contributed by atoms with E-state index in [1.807, 2.05) is 13.0 Å². The second-order valence-electron chi connectivity index (χ2n) is 7.58. The normalized spacial score (nSPS) is 13.7. The van der Waals surface area contributed by atoms with Gasteiger partial charge in [-0.15, -0.1) is 0 Å². The van der Waals surface area contributed by atoms with E-state index in [2.05, 4.69) is 0 Å². The van der Waals surface area contributed by atoms with Crippen molar-refractivity contribution >= 4 is 21.4 Å². The van der Waals surface area contributed by atoms with Crippen molar-refractivity contribution in [3.63, 3.8) is 0 Å². The van der Waals surface area contributed by atoms with Gasteiger partial charge in [0.15, 0.2) is 9.84 Å². The van der Waals surface area contributed by atoms with Crippen LogP contribution in [0.2, 0.25) is 0 Å². The molecule has 3 aromatic carbocycles. The van der Waals surface area contributed by atoms with Crippen molar-refractivity contribution in [2.75, 3.05) is 11.4 Å². The summed E-state index contributed by atoms with van der Waals surface area (Å²) in [6, 6.07) is 18.1. The summed E-state index contributed by atoms with van der Waals surface area (Å²) in [6.07, 6.45) is 1.52. The molecule has 6 heteroatoms. The molecule has 0 saturated carbocycles. The summed E-state index contributed by atoms with van der Waals surface area (Å²) in [7, 11) is -3.46. The lowest BCUT2D eigenvalue weighted by atomic mass is 9.98. The summed E-state index contributed by atoms with van der Waals surface area (Å²) in [5.41, 5.74) is 3.04. The first-order valence-electron chi connectivity index (χ1n) is 9.83. The molecule has 1 amide bonds. The number of amides is 1. The molecule has 0 aliphatic carbocycles. The fraction of sp³-hybridized carbons (Fsp3) is 0.208. The highest BCUT2D eigenvalue weighted by atomic mass is 32.2. The van der Waals surface area contributed by atoms with Gasteiger partial charge < -0.3 is 4.90 Å². The van der Waals surface area contributed by atoms with Crippen LogP contribution >= 0.6 is 0 Å². The van der Waals surface area contributed by atoms with E-state index in [-0.39, 0.29) is 22.4 Å². The lowest BCUT2D eigenvalue weighted by Crippen LogP contribution is -2.36. The predicted molar refractivity (Wildman–Crippen MR) is 115 cm³/mol. The summed E-state index contributed by atoms with van der Waals surface area (Å²) in [5, 5.41) is 0. The quantitative estimate of drug-likeness (QED) is 0.611. The van der Waals surface area contributed by atoms with Crippen LogP contribution in [0.3, 0.4) is 0 Å². The van der Waals surface area contributed by atoms with Gasteiger partial charge in [-0.2, -0.15) is 0 Å². The van der Waals surface area contributed by atoms with Crippen LogP contribution in [0, 0.1) is 12.7 Å². The number of hydrogen-bond acceptors (Lipinski definition) is 3. The van der Waals surface area contributed by atoms with Gasteiger partial charge in [0.1, 0.15) is 5.82 Å². The number of hydrogen-bond donors (Lipinski definition) is 0. The van der Waals surface area contributed by atoms with Gasteiger partial charge in [0.05, 0.1) is 16.3 Å². The van der Waals surface area contributed by atoms with E-state index in [0.29, 0.717) is 23.4 Å². The third-order valence-electron chi connectivity index (χ3n) is 5.29. The Balaban J connectivity index is 1.57. The topological polar surface area (TPSA) is 54.5 Å². The maximum Gasteiger partial charge on any atom is 0.258 e. The standard InChI is InChI=1S/C24H22FNO3S/c1-17-14-20-6-5-13-26(23(20)22(25)15-17)24(27)19-11-9-18(10-12-19)16-30(28,29)21-7-3-2-4-8-21/h2-4,7-12,14-15H,5-6,13,16H2,1H3. The minimum atomic E-state index is -3.46. The zero-order chi connectivity index (χ0) is 21.3. The first-order chi connectivity index (χ1) is 14.3. The molecular formula is C24H22FNO3S. The zero-order valence-electron chi connectivity index (χ0n) is 16.6. The predicted octanol–water partition coefficient (Wildman–Crippen LogP) is 4.70. The van der Waals surface area contributed by atoms with Crippen LogP contribution in [0.5, 0.6) is 0 Å². The third-order valence-corrected chi connectivity index (χ3v) is 6.99. The molecule has 0 unspecified atom stereocenters. The lowest BCUT2D eigenvalue weighted by Gasteiger charge is -2.30. The smallest absolute Gasteiger partial charge is 0.258 e. The highest BCUT2D eigenvalue weighted by Crippen LogP contribution is 2.32. The Morgan fingerprint density at radius 3 is 2.43 bits per heavy atom. The Labute approximate surface area is 175 Å². The minimum Gasteiger partial charge on any atom is -0.305 e. The van der Waals surface area contributed by atoms with Gasteiger partial charge in [0, 0.05) is 12.1 Å². The molecule has 3 aromatic rings. The molecule has 0 radical (unpaired) electrons. The number of carbonyl (C=O) groups excluding carboxylic acids is 1. The Morgan fingerprint density at radius 2 is 1.73 bits per heavy atom. The number of nitrogens with zero attached hydrogens (tertiary/aromatic N) is 1. The van der Waals surface area contributed by atoms with Crippen molar-refractivity contribution in [2.24, 2.45) is 0 Å². The van der Waals surface area contributed by atoms with Gasteiger partial charge in [-0.3, -0.25) is 4.79 Å². The Bertz CT molecular complexity index is 1190. The van der Waals surface area contributed by atoms with Crippen LogP contribution in [-0.2, 0) is 22.0 Å². The molecule has 0 spiro atoms. The number of aryl methyl sites for hydroxylation is 2. The van der Waals surface area contributed by atoms with E-state index in [1.165, 1.54) is 11.0 Å². The number of sulfone groups is 1. The molecule has 154 valence electrons. The second-order valence-corrected chi connectivity index (χ2v) is 9.57. The summed E-state index contributed by atoms with van der Waals surface area (Å²) >= 11 is 0. The first-order valence-corrected chi connectivity index (χ1v) is 11.5. The van der Waals surface area contributed by atoms with Crippen LogP contribution in [0.15, 0.2) is 71.6 Å². The van der Waals surface area contributed by atoms with E-state index >= 15 is 0 Å². The molecule has 30 heavy (non-hydrogen) atoms. The maximum absolute atomic E-state index is 14.6. The molecule has 0 fully saturated rings. The SMILES string of the molecule is Cc1cc(F)c2c(c1)CCCN2C(=O)c1ccc(CS(=O)(=O)c2ccccc2)cc1. The van der Waals surface area contributed by atoms with Gasteiger partial charge >= 0.3 is 0 Å². The third kappa shape index (κ3) is 4.00. The van der Waals surface area contributed by atoms with Crippen LogP contribution in [-0.4, -0.2) is 20.9 Å². The monoisotopic (exact) mass is 423 g/mol. The maximum atomic E-state index is 14.6. The zero-order valence-corrected chi connectivity index (χ0v) is 17.5. The van der Waals surface area contributed by atoms with Crippen LogP contribution in [0.1, 0.15) is 33.5 Å². The molecule has 0 atom stereocenters. The fourth-order valence-electron chi connectivity index (χ4n) is 3.87. The van der Waals surface area contributed by atoms with Gasteiger partial charge in [-0.1, -0.05) is 36.4 Å². The Kier molecular flexibility index (Phi) is 5.43. The van der Waals surface area contributed by atoms with E-state index in [4.69, 9.17) is 0 Å². The van der Waals surface area contributed by atoms with E-state index in [1.54, 1.807) is 54.6 Å². The molecule has 4 nitrogen and oxygen atoms in total. The van der Waals surface area contributed by atoms with Crippen LogP contribution in [0.25, 0.3) is 0 Å². The average molecular weight is 424 g/mol. The van der Waals surface area contributed by atoms with Crippen LogP contribution in [0.4, 0.5) is 10.1 Å². The molecule has 0 saturated heterocycles. The summed E-state index contributed by atoms with van der Waals surface area (Å²) in [4.78, 5) is 14.8. The first kappa shape index (κ1) is 20.3. The van der Waals surface area contributed by atoms with Crippen molar-refractivity contribution in [1.82, 2.24) is 0 Å². The van der Waals surface area contributed by atoms with Crippen molar-refractivity contribution in [1.29, 1.82) is 0 Å². The second kappa shape index (κ2) is 8.03. The minimum absolute atomic E-state index is 0.147. The lowest BCUT2D eigenvalue weighted by molar-refractivity contribution is 0.0984. The molecule has 1 aliphatic rings. The molecule has 4 rings (SSSR count). The summed E-state index contributed by atoms with van der Waals surface area (Å²) in [6.45, 7) is 2.29. The van der Waals surface area contributed by atoms with Crippen LogP contribution < -0.4 is 4.90 Å². The van der Waals surface area contributed by atoms with Gasteiger partial charge in [-0.25, -0.2) is 12.8 Å². The fourth-order valence-corrected chi connectivity index (χ4v) is 5.24.